The molecule has 1 aromatic heterocycles. The first kappa shape index (κ1) is 15.1. The second kappa shape index (κ2) is 6.50. The maximum atomic E-state index is 11.5. The summed E-state index contributed by atoms with van der Waals surface area (Å²) in [6, 6.07) is 14.1. The highest BCUT2D eigenvalue weighted by Gasteiger charge is 2.07. The third-order valence-corrected chi connectivity index (χ3v) is 4.59. The van der Waals surface area contributed by atoms with Crippen LogP contribution in [0.3, 0.4) is 0 Å². The maximum Gasteiger partial charge on any atom is 0.225 e. The Balaban J connectivity index is 1.83. The molecule has 0 bridgehead atoms. The lowest BCUT2D eigenvalue weighted by molar-refractivity contribution is -0.115. The van der Waals surface area contributed by atoms with Gasteiger partial charge in [-0.3, -0.25) is 4.79 Å². The molecule has 2 aromatic carbocycles. The van der Waals surface area contributed by atoms with Gasteiger partial charge in [-0.05, 0) is 54.6 Å². The molecule has 22 heavy (non-hydrogen) atoms. The van der Waals surface area contributed by atoms with Crippen LogP contribution in [-0.2, 0) is 4.79 Å². The predicted octanol–water partition coefficient (Wildman–Crippen LogP) is 4.53. The van der Waals surface area contributed by atoms with Crippen molar-refractivity contribution in [2.75, 3.05) is 11.1 Å². The van der Waals surface area contributed by atoms with Gasteiger partial charge in [0.1, 0.15) is 5.01 Å². The van der Waals surface area contributed by atoms with E-state index < -0.39 is 0 Å². The molecule has 0 aliphatic heterocycles. The van der Waals surface area contributed by atoms with Crippen LogP contribution in [0, 0.1) is 6.92 Å². The van der Waals surface area contributed by atoms with E-state index >= 15 is 0 Å². The van der Waals surface area contributed by atoms with Gasteiger partial charge in [-0.1, -0.05) is 6.07 Å². The van der Waals surface area contributed by atoms with Crippen molar-refractivity contribution in [1.82, 2.24) is 4.98 Å². The van der Waals surface area contributed by atoms with Gasteiger partial charge in [-0.2, -0.15) is 12.6 Å². The van der Waals surface area contributed by atoms with E-state index in [4.69, 9.17) is 0 Å². The van der Waals surface area contributed by atoms with Crippen LogP contribution in [0.5, 0.6) is 0 Å². The van der Waals surface area contributed by atoms with Crippen LogP contribution in [0.25, 0.3) is 20.8 Å². The molecule has 1 heterocycles. The number of anilines is 1. The van der Waals surface area contributed by atoms with E-state index in [0.717, 1.165) is 21.8 Å². The summed E-state index contributed by atoms with van der Waals surface area (Å²) in [7, 11) is 0. The molecular weight excluding hydrogens is 312 g/mol. The number of aryl methyl sites for hydroxylation is 1. The van der Waals surface area contributed by atoms with Crippen LogP contribution in [0.4, 0.5) is 5.69 Å². The Hall–Kier alpha value is -1.85. The Morgan fingerprint density at radius 1 is 1.23 bits per heavy atom. The zero-order chi connectivity index (χ0) is 15.5. The van der Waals surface area contributed by atoms with Crippen molar-refractivity contribution >= 4 is 45.8 Å². The number of aromatic nitrogens is 1. The Bertz CT molecular complexity index is 809. The van der Waals surface area contributed by atoms with Crippen molar-refractivity contribution in [3.05, 3.63) is 48.0 Å². The molecule has 3 rings (SSSR count). The average Bonchev–Trinajstić information content (AvgIpc) is 2.91. The van der Waals surface area contributed by atoms with E-state index in [1.165, 1.54) is 10.3 Å². The fourth-order valence-corrected chi connectivity index (χ4v) is 3.45. The number of nitrogens with one attached hydrogen (secondary N) is 1. The minimum absolute atomic E-state index is 0.0155. The lowest BCUT2D eigenvalue weighted by Gasteiger charge is -2.04. The molecule has 0 fully saturated rings. The molecule has 1 N–H and O–H groups in total. The summed E-state index contributed by atoms with van der Waals surface area (Å²) >= 11 is 5.74. The van der Waals surface area contributed by atoms with Crippen LogP contribution in [-0.4, -0.2) is 16.6 Å². The number of thiol groups is 1. The van der Waals surface area contributed by atoms with Gasteiger partial charge in [0.2, 0.25) is 5.91 Å². The smallest absolute Gasteiger partial charge is 0.225 e. The zero-order valence-electron chi connectivity index (χ0n) is 12.2. The summed E-state index contributed by atoms with van der Waals surface area (Å²) in [5.41, 5.74) is 4.13. The summed E-state index contributed by atoms with van der Waals surface area (Å²) in [6.45, 7) is 2.08. The largest absolute Gasteiger partial charge is 0.326 e. The molecule has 0 atom stereocenters. The summed E-state index contributed by atoms with van der Waals surface area (Å²) < 4.78 is 1.20. The Morgan fingerprint density at radius 2 is 2.00 bits per heavy atom. The predicted molar refractivity (Wildman–Crippen MR) is 96.9 cm³/mol. The monoisotopic (exact) mass is 328 g/mol. The lowest BCUT2D eigenvalue weighted by Crippen LogP contribution is -2.11. The second-order valence-corrected chi connectivity index (χ2v) is 6.57. The Morgan fingerprint density at radius 3 is 2.73 bits per heavy atom. The molecule has 3 nitrogen and oxygen atoms in total. The average molecular weight is 328 g/mol. The molecule has 0 saturated heterocycles. The number of carbonyl (C=O) groups excluding carboxylic acids is 1. The summed E-state index contributed by atoms with van der Waals surface area (Å²) in [6.07, 6.45) is 0.419. The fraction of sp³-hybridized carbons (Fsp3) is 0.176. The Kier molecular flexibility index (Phi) is 4.45. The zero-order valence-corrected chi connectivity index (χ0v) is 13.9. The lowest BCUT2D eigenvalue weighted by atomic mass is 10.2. The number of hydrogen-bond acceptors (Lipinski definition) is 4. The fourth-order valence-electron chi connectivity index (χ4n) is 2.18. The third kappa shape index (κ3) is 3.31. The number of rotatable bonds is 4. The van der Waals surface area contributed by atoms with Crippen molar-refractivity contribution in [2.45, 2.75) is 13.3 Å². The van der Waals surface area contributed by atoms with Crippen LogP contribution in [0.15, 0.2) is 42.5 Å². The minimum Gasteiger partial charge on any atom is -0.326 e. The van der Waals surface area contributed by atoms with E-state index in [0.29, 0.717) is 12.2 Å². The van der Waals surface area contributed by atoms with Gasteiger partial charge in [0.05, 0.1) is 10.2 Å². The molecule has 0 radical (unpaired) electrons. The molecule has 0 spiro atoms. The number of hydrogen-bond donors (Lipinski definition) is 2. The number of carbonyl (C=O) groups is 1. The van der Waals surface area contributed by atoms with E-state index in [2.05, 4.69) is 48.1 Å². The summed E-state index contributed by atoms with van der Waals surface area (Å²) in [5, 5.41) is 3.85. The molecule has 3 aromatic rings. The van der Waals surface area contributed by atoms with Gasteiger partial charge < -0.3 is 5.32 Å². The second-order valence-electron chi connectivity index (χ2n) is 5.09. The first-order valence-electron chi connectivity index (χ1n) is 7.04. The molecule has 5 heteroatoms. The van der Waals surface area contributed by atoms with Gasteiger partial charge in [-0.15, -0.1) is 11.3 Å². The van der Waals surface area contributed by atoms with Crippen LogP contribution >= 0.6 is 24.0 Å². The van der Waals surface area contributed by atoms with Crippen LogP contribution in [0.1, 0.15) is 12.0 Å². The highest BCUT2D eigenvalue weighted by Crippen LogP contribution is 2.31. The number of nitrogens with zero attached hydrogens (tertiary/aromatic N) is 1. The topological polar surface area (TPSA) is 42.0 Å². The highest BCUT2D eigenvalue weighted by molar-refractivity contribution is 7.80. The standard InChI is InChI=1S/C17H16N2OS2/c1-11-2-7-14-15(10-11)22-17(19-14)12-3-5-13(6-4-12)18-16(20)8-9-21/h2-7,10,21H,8-9H2,1H3,(H,18,20). The maximum absolute atomic E-state index is 11.5. The van der Waals surface area contributed by atoms with Crippen molar-refractivity contribution in [3.8, 4) is 10.6 Å². The van der Waals surface area contributed by atoms with Gasteiger partial charge in [0.15, 0.2) is 0 Å². The van der Waals surface area contributed by atoms with Crippen molar-refractivity contribution < 1.29 is 4.79 Å². The minimum atomic E-state index is -0.0155. The van der Waals surface area contributed by atoms with Gasteiger partial charge in [0.25, 0.3) is 0 Å². The normalized spacial score (nSPS) is 10.8. The quantitative estimate of drug-likeness (QED) is 0.691. The molecule has 0 aliphatic rings. The highest BCUT2D eigenvalue weighted by atomic mass is 32.1. The first-order valence-corrected chi connectivity index (χ1v) is 8.49. The van der Waals surface area contributed by atoms with Crippen LogP contribution < -0.4 is 5.32 Å². The van der Waals surface area contributed by atoms with E-state index in [9.17, 15) is 4.79 Å². The number of amides is 1. The van der Waals surface area contributed by atoms with E-state index in [-0.39, 0.29) is 5.91 Å². The SMILES string of the molecule is Cc1ccc2nc(-c3ccc(NC(=O)CCS)cc3)sc2c1. The number of benzene rings is 2. The van der Waals surface area contributed by atoms with Gasteiger partial charge in [-0.25, -0.2) is 4.98 Å². The molecule has 112 valence electrons. The number of thiazole rings is 1. The van der Waals surface area contributed by atoms with Crippen molar-refractivity contribution in [2.24, 2.45) is 0 Å². The summed E-state index contributed by atoms with van der Waals surface area (Å²) in [5.74, 6) is 0.535. The molecule has 1 amide bonds. The molecule has 0 aliphatic carbocycles. The molecule has 0 unspecified atom stereocenters. The van der Waals surface area contributed by atoms with Gasteiger partial charge in [0, 0.05) is 17.7 Å². The number of fused-ring (bicyclic) bond motifs is 1. The van der Waals surface area contributed by atoms with E-state index in [1.54, 1.807) is 11.3 Å². The van der Waals surface area contributed by atoms with Crippen LogP contribution in [0.2, 0.25) is 0 Å². The van der Waals surface area contributed by atoms with Gasteiger partial charge >= 0.3 is 0 Å². The van der Waals surface area contributed by atoms with Crippen molar-refractivity contribution in [3.63, 3.8) is 0 Å². The summed E-state index contributed by atoms with van der Waals surface area (Å²) in [4.78, 5) is 16.2. The van der Waals surface area contributed by atoms with E-state index in [1.807, 2.05) is 24.3 Å². The Labute approximate surface area is 138 Å². The third-order valence-electron chi connectivity index (χ3n) is 3.30. The first-order chi connectivity index (χ1) is 10.7. The van der Waals surface area contributed by atoms with Crippen molar-refractivity contribution in [1.29, 1.82) is 0 Å². The molecule has 0 saturated carbocycles. The molecular formula is C17H16N2OS2.